The summed E-state index contributed by atoms with van der Waals surface area (Å²) in [6.07, 6.45) is -3.43. The minimum Gasteiger partial charge on any atom is -0.406 e. The second-order valence-corrected chi connectivity index (χ2v) is 5.43. The second kappa shape index (κ2) is 7.85. The predicted octanol–water partition coefficient (Wildman–Crippen LogP) is 3.43. The van der Waals surface area contributed by atoms with Gasteiger partial charge in [-0.2, -0.15) is 0 Å². The number of ether oxygens (including phenoxy) is 1. The summed E-state index contributed by atoms with van der Waals surface area (Å²) in [7, 11) is 0. The maximum absolute atomic E-state index is 12.3. The lowest BCUT2D eigenvalue weighted by Crippen LogP contribution is -2.27. The number of anilines is 1. The highest BCUT2D eigenvalue weighted by Crippen LogP contribution is 2.25. The van der Waals surface area contributed by atoms with Crippen molar-refractivity contribution in [3.63, 3.8) is 0 Å². The van der Waals surface area contributed by atoms with E-state index in [4.69, 9.17) is 0 Å². The summed E-state index contributed by atoms with van der Waals surface area (Å²) in [5.41, 5.74) is 0.689. The molecule has 1 aromatic carbocycles. The Labute approximate surface area is 147 Å². The smallest absolute Gasteiger partial charge is 0.406 e. The molecule has 1 unspecified atom stereocenters. The van der Waals surface area contributed by atoms with E-state index in [0.29, 0.717) is 5.56 Å². The number of benzene rings is 1. The van der Waals surface area contributed by atoms with Gasteiger partial charge in [-0.1, -0.05) is 12.1 Å². The van der Waals surface area contributed by atoms with Gasteiger partial charge in [-0.15, -0.1) is 13.2 Å². The molecule has 26 heavy (non-hydrogen) atoms. The SMILES string of the molecule is CC(=O)Nc1cc(C(=O)NC(C)c2cccc(OC(F)(F)F)c2)ccn1. The Morgan fingerprint density at radius 2 is 1.92 bits per heavy atom. The third-order valence-corrected chi connectivity index (χ3v) is 3.27. The molecule has 1 heterocycles. The monoisotopic (exact) mass is 367 g/mol. The molecule has 1 atom stereocenters. The van der Waals surface area contributed by atoms with E-state index in [1.54, 1.807) is 13.0 Å². The van der Waals surface area contributed by atoms with Crippen molar-refractivity contribution in [2.75, 3.05) is 5.32 Å². The number of nitrogens with zero attached hydrogens (tertiary/aromatic N) is 1. The molecule has 2 amide bonds. The lowest BCUT2D eigenvalue weighted by molar-refractivity contribution is -0.274. The van der Waals surface area contributed by atoms with Crippen LogP contribution < -0.4 is 15.4 Å². The number of alkyl halides is 3. The Bertz CT molecular complexity index is 809. The highest BCUT2D eigenvalue weighted by Gasteiger charge is 2.31. The van der Waals surface area contributed by atoms with Crippen LogP contribution in [0.4, 0.5) is 19.0 Å². The quantitative estimate of drug-likeness (QED) is 0.849. The van der Waals surface area contributed by atoms with E-state index in [1.165, 1.54) is 43.5 Å². The molecule has 9 heteroatoms. The number of hydrogen-bond donors (Lipinski definition) is 2. The fraction of sp³-hybridized carbons (Fsp3) is 0.235. The van der Waals surface area contributed by atoms with E-state index in [9.17, 15) is 22.8 Å². The molecule has 2 aromatic rings. The first-order valence-electron chi connectivity index (χ1n) is 7.54. The molecule has 0 saturated heterocycles. The molecule has 1 aromatic heterocycles. The van der Waals surface area contributed by atoms with E-state index in [1.807, 2.05) is 0 Å². The number of amides is 2. The number of pyridine rings is 1. The van der Waals surface area contributed by atoms with E-state index in [-0.39, 0.29) is 23.0 Å². The lowest BCUT2D eigenvalue weighted by atomic mass is 10.1. The average Bonchev–Trinajstić information content (AvgIpc) is 2.53. The number of rotatable bonds is 5. The average molecular weight is 367 g/mol. The largest absolute Gasteiger partial charge is 0.573 e. The zero-order valence-corrected chi connectivity index (χ0v) is 13.9. The van der Waals surface area contributed by atoms with Crippen LogP contribution in [0.15, 0.2) is 42.6 Å². The van der Waals surface area contributed by atoms with Gasteiger partial charge in [0.25, 0.3) is 5.91 Å². The van der Waals surface area contributed by atoms with E-state index in [2.05, 4.69) is 20.4 Å². The topological polar surface area (TPSA) is 80.3 Å². The molecule has 0 aliphatic rings. The highest BCUT2D eigenvalue weighted by atomic mass is 19.4. The summed E-state index contributed by atoms with van der Waals surface area (Å²) >= 11 is 0. The van der Waals surface area contributed by atoms with Crippen molar-refractivity contribution in [3.8, 4) is 5.75 Å². The van der Waals surface area contributed by atoms with Crippen molar-refractivity contribution < 1.29 is 27.5 Å². The van der Waals surface area contributed by atoms with Crippen molar-refractivity contribution in [2.24, 2.45) is 0 Å². The van der Waals surface area contributed by atoms with Gasteiger partial charge in [0, 0.05) is 18.7 Å². The first kappa shape index (κ1) is 19.2. The number of hydrogen-bond acceptors (Lipinski definition) is 4. The van der Waals surface area contributed by atoms with Gasteiger partial charge in [0.1, 0.15) is 11.6 Å². The Morgan fingerprint density at radius 1 is 1.19 bits per heavy atom. The van der Waals surface area contributed by atoms with Crippen LogP contribution >= 0.6 is 0 Å². The Morgan fingerprint density at radius 3 is 2.58 bits per heavy atom. The van der Waals surface area contributed by atoms with Crippen molar-refractivity contribution >= 4 is 17.6 Å². The van der Waals surface area contributed by atoms with Crippen molar-refractivity contribution in [1.82, 2.24) is 10.3 Å². The van der Waals surface area contributed by atoms with E-state index < -0.39 is 18.3 Å². The van der Waals surface area contributed by atoms with Crippen molar-refractivity contribution in [1.29, 1.82) is 0 Å². The van der Waals surface area contributed by atoms with Crippen molar-refractivity contribution in [2.45, 2.75) is 26.3 Å². The van der Waals surface area contributed by atoms with Crippen LogP contribution in [0.5, 0.6) is 5.75 Å². The van der Waals surface area contributed by atoms with E-state index in [0.717, 1.165) is 0 Å². The lowest BCUT2D eigenvalue weighted by Gasteiger charge is -2.16. The van der Waals surface area contributed by atoms with Crippen LogP contribution in [0.25, 0.3) is 0 Å². The van der Waals surface area contributed by atoms with Crippen LogP contribution in [0, 0.1) is 0 Å². The summed E-state index contributed by atoms with van der Waals surface area (Å²) in [5, 5.41) is 5.13. The molecule has 6 nitrogen and oxygen atoms in total. The molecule has 138 valence electrons. The molecular formula is C17H16F3N3O3. The Hall–Kier alpha value is -3.10. The maximum atomic E-state index is 12.3. The summed E-state index contributed by atoms with van der Waals surface area (Å²) in [4.78, 5) is 27.3. The minimum absolute atomic E-state index is 0.221. The molecule has 0 bridgehead atoms. The van der Waals surface area contributed by atoms with Crippen LogP contribution in [0.2, 0.25) is 0 Å². The molecule has 0 saturated carbocycles. The third-order valence-electron chi connectivity index (χ3n) is 3.27. The first-order valence-corrected chi connectivity index (χ1v) is 7.54. The Balaban J connectivity index is 2.09. The van der Waals surface area contributed by atoms with Gasteiger partial charge < -0.3 is 15.4 Å². The molecule has 0 spiro atoms. The van der Waals surface area contributed by atoms with Gasteiger partial charge in [-0.05, 0) is 36.8 Å². The van der Waals surface area contributed by atoms with Gasteiger partial charge in [0.05, 0.1) is 6.04 Å². The van der Waals surface area contributed by atoms with Crippen LogP contribution in [0.3, 0.4) is 0 Å². The first-order chi connectivity index (χ1) is 12.1. The van der Waals surface area contributed by atoms with Gasteiger partial charge in [0.15, 0.2) is 0 Å². The number of carbonyl (C=O) groups excluding carboxylic acids is 2. The molecule has 2 rings (SSSR count). The highest BCUT2D eigenvalue weighted by molar-refractivity contribution is 5.96. The van der Waals surface area contributed by atoms with Gasteiger partial charge >= 0.3 is 6.36 Å². The maximum Gasteiger partial charge on any atom is 0.573 e. The normalized spacial score (nSPS) is 12.2. The van der Waals surface area contributed by atoms with Crippen LogP contribution in [-0.4, -0.2) is 23.2 Å². The zero-order chi connectivity index (χ0) is 19.3. The van der Waals surface area contributed by atoms with Gasteiger partial charge in [-0.25, -0.2) is 4.98 Å². The fourth-order valence-electron chi connectivity index (χ4n) is 2.16. The summed E-state index contributed by atoms with van der Waals surface area (Å²) < 4.78 is 40.8. The van der Waals surface area contributed by atoms with Gasteiger partial charge in [0.2, 0.25) is 5.91 Å². The van der Waals surface area contributed by atoms with Crippen molar-refractivity contribution in [3.05, 3.63) is 53.7 Å². The fourth-order valence-corrected chi connectivity index (χ4v) is 2.16. The standard InChI is InChI=1S/C17H16F3N3O3/c1-10(12-4-3-5-14(8-12)26-17(18,19)20)22-16(25)13-6-7-21-15(9-13)23-11(2)24/h3-10H,1-2H3,(H,22,25)(H,21,23,24). The summed E-state index contributed by atoms with van der Waals surface area (Å²) in [5.74, 6) is -0.940. The Kier molecular flexibility index (Phi) is 5.81. The predicted molar refractivity (Wildman–Crippen MR) is 87.5 cm³/mol. The van der Waals surface area contributed by atoms with Gasteiger partial charge in [-0.3, -0.25) is 9.59 Å². The molecule has 0 fully saturated rings. The number of nitrogens with one attached hydrogen (secondary N) is 2. The minimum atomic E-state index is -4.79. The molecule has 2 N–H and O–H groups in total. The van der Waals surface area contributed by atoms with E-state index >= 15 is 0 Å². The molecule has 0 aliphatic heterocycles. The zero-order valence-electron chi connectivity index (χ0n) is 13.9. The molecule has 0 aliphatic carbocycles. The summed E-state index contributed by atoms with van der Waals surface area (Å²) in [6.45, 7) is 2.94. The molecular weight excluding hydrogens is 351 g/mol. The summed E-state index contributed by atoms with van der Waals surface area (Å²) in [6, 6.07) is 7.63. The van der Waals surface area contributed by atoms with Crippen LogP contribution in [0.1, 0.15) is 35.8 Å². The molecule has 0 radical (unpaired) electrons. The third kappa shape index (κ3) is 5.76. The second-order valence-electron chi connectivity index (χ2n) is 5.43. The number of carbonyl (C=O) groups is 2. The number of halogens is 3. The van der Waals surface area contributed by atoms with Crippen LogP contribution in [-0.2, 0) is 4.79 Å². The number of aromatic nitrogens is 1.